The molecule has 10 heteroatoms. The normalized spacial score (nSPS) is 10.4. The number of benzene rings is 1. The molecule has 0 spiro atoms. The minimum Gasteiger partial charge on any atom is -0.432 e. The number of aromatic nitrogens is 2. The lowest BCUT2D eigenvalue weighted by Crippen LogP contribution is -1.96. The summed E-state index contributed by atoms with van der Waals surface area (Å²) in [5, 5.41) is 10.3. The molecule has 1 heterocycles. The van der Waals surface area contributed by atoms with Crippen molar-refractivity contribution >= 4 is 29.0 Å². The number of nitro benzene ring substituents is 1. The van der Waals surface area contributed by atoms with Crippen LogP contribution >= 0.6 is 23.3 Å². The van der Waals surface area contributed by atoms with Crippen LogP contribution in [0.5, 0.6) is 11.6 Å². The van der Waals surface area contributed by atoms with E-state index in [1.807, 2.05) is 0 Å². The van der Waals surface area contributed by atoms with Crippen LogP contribution in [0.2, 0.25) is 5.15 Å². The Balaban J connectivity index is 2.38. The van der Waals surface area contributed by atoms with Crippen LogP contribution in [0, 0.1) is 21.7 Å². The second kappa shape index (κ2) is 4.78. The zero-order valence-electron chi connectivity index (χ0n) is 8.26. The van der Waals surface area contributed by atoms with E-state index in [4.69, 9.17) is 16.3 Å². The molecule has 1 aromatic carbocycles. The molecule has 0 fully saturated rings. The summed E-state index contributed by atoms with van der Waals surface area (Å²) in [5.41, 5.74) is -0.984. The summed E-state index contributed by atoms with van der Waals surface area (Å²) in [6.45, 7) is 0. The third-order valence-corrected chi connectivity index (χ3v) is 2.68. The highest BCUT2D eigenvalue weighted by molar-refractivity contribution is 6.99. The SMILES string of the molecule is O=[N+]([O-])c1cc(F)c(Oc2nsnc2Cl)cc1F. The first-order chi connectivity index (χ1) is 8.49. The fourth-order valence-corrected chi connectivity index (χ4v) is 1.68. The molecule has 2 aromatic rings. The number of ether oxygens (including phenoxy) is 1. The Hall–Kier alpha value is -1.87. The Morgan fingerprint density at radius 1 is 1.33 bits per heavy atom. The molecule has 1 aromatic heterocycles. The largest absolute Gasteiger partial charge is 0.432 e. The summed E-state index contributed by atoms with van der Waals surface area (Å²) < 4.78 is 38.7. The molecule has 0 saturated heterocycles. The van der Waals surface area contributed by atoms with Crippen molar-refractivity contribution < 1.29 is 18.4 Å². The second-order valence-corrected chi connectivity index (χ2v) is 3.84. The van der Waals surface area contributed by atoms with E-state index in [2.05, 4.69) is 8.75 Å². The number of halogens is 3. The molecule has 0 amide bonds. The first kappa shape index (κ1) is 12.6. The molecule has 0 unspecified atom stereocenters. The van der Waals surface area contributed by atoms with E-state index in [-0.39, 0.29) is 11.0 Å². The Morgan fingerprint density at radius 2 is 2.06 bits per heavy atom. The zero-order chi connectivity index (χ0) is 13.3. The van der Waals surface area contributed by atoms with Gasteiger partial charge in [-0.15, -0.1) is 4.37 Å². The van der Waals surface area contributed by atoms with Crippen LogP contribution < -0.4 is 4.74 Å². The average molecular weight is 294 g/mol. The third kappa shape index (κ3) is 2.36. The van der Waals surface area contributed by atoms with E-state index in [1.54, 1.807) is 0 Å². The van der Waals surface area contributed by atoms with Crippen molar-refractivity contribution in [3.63, 3.8) is 0 Å². The van der Waals surface area contributed by atoms with Crippen molar-refractivity contribution in [2.45, 2.75) is 0 Å². The summed E-state index contributed by atoms with van der Waals surface area (Å²) in [6, 6.07) is 0.960. The molecule has 0 aliphatic carbocycles. The van der Waals surface area contributed by atoms with Crippen molar-refractivity contribution in [3.05, 3.63) is 39.0 Å². The number of hydrogen-bond acceptors (Lipinski definition) is 6. The Morgan fingerprint density at radius 3 is 2.61 bits per heavy atom. The van der Waals surface area contributed by atoms with Gasteiger partial charge in [-0.05, 0) is 0 Å². The maximum absolute atomic E-state index is 13.4. The van der Waals surface area contributed by atoms with E-state index in [1.165, 1.54) is 0 Å². The minimum absolute atomic E-state index is 0.113. The molecule has 0 radical (unpaired) electrons. The lowest BCUT2D eigenvalue weighted by atomic mass is 10.3. The molecule has 0 aliphatic rings. The molecule has 94 valence electrons. The zero-order valence-corrected chi connectivity index (χ0v) is 9.84. The summed E-state index contributed by atoms with van der Waals surface area (Å²) >= 11 is 6.27. The molecule has 0 aliphatic heterocycles. The van der Waals surface area contributed by atoms with Crippen LogP contribution in [0.25, 0.3) is 0 Å². The molecule has 0 saturated carbocycles. The van der Waals surface area contributed by atoms with Gasteiger partial charge in [0.05, 0.1) is 22.7 Å². The Bertz CT molecular complexity index is 622. The molecule has 6 nitrogen and oxygen atoms in total. The number of hydrogen-bond donors (Lipinski definition) is 0. The van der Waals surface area contributed by atoms with Crippen LogP contribution in [0.15, 0.2) is 12.1 Å². The summed E-state index contributed by atoms with van der Waals surface area (Å²) in [7, 11) is 0. The maximum Gasteiger partial charge on any atom is 0.307 e. The van der Waals surface area contributed by atoms with E-state index in [0.29, 0.717) is 12.1 Å². The van der Waals surface area contributed by atoms with E-state index < -0.39 is 28.0 Å². The number of rotatable bonds is 3. The van der Waals surface area contributed by atoms with Crippen molar-refractivity contribution in [2.75, 3.05) is 0 Å². The van der Waals surface area contributed by atoms with E-state index in [9.17, 15) is 18.9 Å². The smallest absolute Gasteiger partial charge is 0.307 e. The number of nitrogens with zero attached hydrogens (tertiary/aromatic N) is 3. The van der Waals surface area contributed by atoms with Crippen LogP contribution in [0.1, 0.15) is 0 Å². The van der Waals surface area contributed by atoms with Crippen LogP contribution in [0.3, 0.4) is 0 Å². The van der Waals surface area contributed by atoms with Crippen LogP contribution in [0.4, 0.5) is 14.5 Å². The molecule has 18 heavy (non-hydrogen) atoms. The van der Waals surface area contributed by atoms with Crippen LogP contribution in [-0.2, 0) is 0 Å². The standard InChI is InChI=1S/C8H2ClF2N3O3S/c9-7-8(13-18-12-7)17-6-2-3(10)5(14(15)16)1-4(6)11/h1-2H. The quantitative estimate of drug-likeness (QED) is 0.641. The van der Waals surface area contributed by atoms with Gasteiger partial charge in [0.25, 0.3) is 5.88 Å². The van der Waals surface area contributed by atoms with E-state index in [0.717, 1.165) is 11.7 Å². The monoisotopic (exact) mass is 293 g/mol. The van der Waals surface area contributed by atoms with Gasteiger partial charge in [-0.1, -0.05) is 11.6 Å². The molecular weight excluding hydrogens is 292 g/mol. The Labute approximate surface area is 107 Å². The Kier molecular flexibility index (Phi) is 3.34. The highest BCUT2D eigenvalue weighted by Gasteiger charge is 2.21. The van der Waals surface area contributed by atoms with Gasteiger partial charge in [0.2, 0.25) is 11.0 Å². The van der Waals surface area contributed by atoms with Gasteiger partial charge in [-0.25, -0.2) is 4.39 Å². The summed E-state index contributed by atoms with van der Waals surface area (Å²) in [6.07, 6.45) is 0. The van der Waals surface area contributed by atoms with Gasteiger partial charge in [-0.3, -0.25) is 10.1 Å². The van der Waals surface area contributed by atoms with Gasteiger partial charge < -0.3 is 4.74 Å². The molecule has 0 N–H and O–H groups in total. The van der Waals surface area contributed by atoms with Gasteiger partial charge in [0.1, 0.15) is 0 Å². The van der Waals surface area contributed by atoms with Gasteiger partial charge >= 0.3 is 5.69 Å². The predicted octanol–water partition coefficient (Wildman–Crippen LogP) is 3.17. The van der Waals surface area contributed by atoms with E-state index >= 15 is 0 Å². The fraction of sp³-hybridized carbons (Fsp3) is 0. The molecule has 2 rings (SSSR count). The first-order valence-corrected chi connectivity index (χ1v) is 5.39. The van der Waals surface area contributed by atoms with Gasteiger partial charge in [-0.2, -0.15) is 8.76 Å². The molecule has 0 bridgehead atoms. The maximum atomic E-state index is 13.4. The topological polar surface area (TPSA) is 78.2 Å². The van der Waals surface area contributed by atoms with Crippen molar-refractivity contribution in [2.24, 2.45) is 0 Å². The number of nitro groups is 1. The van der Waals surface area contributed by atoms with Gasteiger partial charge in [0.15, 0.2) is 11.6 Å². The predicted molar refractivity (Wildman–Crippen MR) is 58.0 cm³/mol. The summed E-state index contributed by atoms with van der Waals surface area (Å²) in [5.74, 6) is -3.09. The average Bonchev–Trinajstić information content (AvgIpc) is 2.69. The van der Waals surface area contributed by atoms with Crippen molar-refractivity contribution in [1.29, 1.82) is 0 Å². The van der Waals surface area contributed by atoms with Gasteiger partial charge in [0, 0.05) is 6.07 Å². The van der Waals surface area contributed by atoms with Crippen molar-refractivity contribution in [3.8, 4) is 11.6 Å². The summed E-state index contributed by atoms with van der Waals surface area (Å²) in [4.78, 5) is 9.33. The second-order valence-electron chi connectivity index (χ2n) is 2.95. The molecular formula is C8H2ClF2N3O3S. The third-order valence-electron chi connectivity index (χ3n) is 1.83. The fourth-order valence-electron chi connectivity index (χ4n) is 1.07. The lowest BCUT2D eigenvalue weighted by molar-refractivity contribution is -0.387. The lowest BCUT2D eigenvalue weighted by Gasteiger charge is -2.04. The minimum atomic E-state index is -1.23. The van der Waals surface area contributed by atoms with Crippen molar-refractivity contribution in [1.82, 2.24) is 8.75 Å². The highest BCUT2D eigenvalue weighted by atomic mass is 35.5. The molecule has 0 atom stereocenters. The van der Waals surface area contributed by atoms with Crippen LogP contribution in [-0.4, -0.2) is 13.7 Å². The highest BCUT2D eigenvalue weighted by Crippen LogP contribution is 2.32. The first-order valence-electron chi connectivity index (χ1n) is 4.28.